The van der Waals surface area contributed by atoms with Crippen LogP contribution in [-0.2, 0) is 24.6 Å². The van der Waals surface area contributed by atoms with Crippen LogP contribution >= 0.6 is 10.7 Å². The van der Waals surface area contributed by atoms with Gasteiger partial charge in [0.2, 0.25) is 0 Å². The summed E-state index contributed by atoms with van der Waals surface area (Å²) in [5.41, 5.74) is 1.48. The minimum Gasteiger partial charge on any atom is -0.223 e. The van der Waals surface area contributed by atoms with E-state index >= 15 is 0 Å². The number of aryl methyl sites for hydroxylation is 1. The summed E-state index contributed by atoms with van der Waals surface area (Å²) >= 11 is 0. The van der Waals surface area contributed by atoms with Gasteiger partial charge in [-0.25, -0.2) is 16.8 Å². The van der Waals surface area contributed by atoms with E-state index in [0.29, 0.717) is 5.56 Å². The van der Waals surface area contributed by atoms with Crippen molar-refractivity contribution in [1.29, 1.82) is 0 Å². The van der Waals surface area contributed by atoms with Crippen molar-refractivity contribution in [3.8, 4) is 0 Å². The van der Waals surface area contributed by atoms with Crippen LogP contribution in [0, 0.1) is 6.92 Å². The van der Waals surface area contributed by atoms with Gasteiger partial charge < -0.3 is 0 Å². The van der Waals surface area contributed by atoms with Gasteiger partial charge in [0.15, 0.2) is 9.84 Å². The van der Waals surface area contributed by atoms with Crippen molar-refractivity contribution in [1.82, 2.24) is 0 Å². The molecule has 0 heterocycles. The molecule has 0 spiro atoms. The molecule has 112 valence electrons. The zero-order valence-electron chi connectivity index (χ0n) is 11.2. The highest BCUT2D eigenvalue weighted by Gasteiger charge is 2.16. The van der Waals surface area contributed by atoms with Crippen LogP contribution in [0.3, 0.4) is 0 Å². The predicted octanol–water partition coefficient (Wildman–Crippen LogP) is 2.90. The van der Waals surface area contributed by atoms with Gasteiger partial charge in [-0.2, -0.15) is 0 Å². The largest absolute Gasteiger partial charge is 0.261 e. The lowest BCUT2D eigenvalue weighted by atomic mass is 10.2. The summed E-state index contributed by atoms with van der Waals surface area (Å²) in [7, 11) is -2.05. The standard InChI is InChI=1S/C14H13ClO4S2/c1-11-2-6-13(7-3-11)20(16,17)10-12-4-8-14(9-5-12)21(15,18)19/h2-9H,10H2,1H3. The fourth-order valence-electron chi connectivity index (χ4n) is 1.80. The Bertz CT molecular complexity index is 837. The Morgan fingerprint density at radius 3 is 1.76 bits per heavy atom. The summed E-state index contributed by atoms with van der Waals surface area (Å²) in [5, 5.41) is 0. The molecule has 0 amide bonds. The molecule has 0 aliphatic carbocycles. The van der Waals surface area contributed by atoms with Crippen LogP contribution in [0.25, 0.3) is 0 Å². The van der Waals surface area contributed by atoms with Crippen LogP contribution in [0.1, 0.15) is 11.1 Å². The zero-order chi connectivity index (χ0) is 15.7. The summed E-state index contributed by atoms with van der Waals surface area (Å²) in [6.45, 7) is 1.88. The average Bonchev–Trinajstić information content (AvgIpc) is 2.38. The van der Waals surface area contributed by atoms with Crippen LogP contribution in [-0.4, -0.2) is 16.8 Å². The number of benzene rings is 2. The van der Waals surface area contributed by atoms with Gasteiger partial charge in [-0.05, 0) is 36.8 Å². The van der Waals surface area contributed by atoms with E-state index in [-0.39, 0.29) is 15.5 Å². The van der Waals surface area contributed by atoms with Crippen molar-refractivity contribution in [2.75, 3.05) is 0 Å². The second-order valence-electron chi connectivity index (χ2n) is 4.65. The fraction of sp³-hybridized carbons (Fsp3) is 0.143. The van der Waals surface area contributed by atoms with E-state index in [9.17, 15) is 16.8 Å². The Kier molecular flexibility index (Phi) is 4.41. The van der Waals surface area contributed by atoms with E-state index < -0.39 is 18.9 Å². The second-order valence-corrected chi connectivity index (χ2v) is 9.21. The third-order valence-corrected chi connectivity index (χ3v) is 6.02. The van der Waals surface area contributed by atoms with Gasteiger partial charge in [0, 0.05) is 10.7 Å². The van der Waals surface area contributed by atoms with Gasteiger partial charge in [-0.1, -0.05) is 29.8 Å². The summed E-state index contributed by atoms with van der Waals surface area (Å²) in [5.74, 6) is -0.196. The first-order chi connectivity index (χ1) is 9.68. The molecule has 0 atom stereocenters. The lowest BCUT2D eigenvalue weighted by Crippen LogP contribution is -2.05. The average molecular weight is 345 g/mol. The smallest absolute Gasteiger partial charge is 0.223 e. The quantitative estimate of drug-likeness (QED) is 0.800. The van der Waals surface area contributed by atoms with Crippen molar-refractivity contribution in [2.45, 2.75) is 22.5 Å². The lowest BCUT2D eigenvalue weighted by Gasteiger charge is -2.06. The van der Waals surface area contributed by atoms with Gasteiger partial charge in [-0.15, -0.1) is 0 Å². The van der Waals surface area contributed by atoms with Crippen molar-refractivity contribution >= 4 is 29.6 Å². The highest BCUT2D eigenvalue weighted by molar-refractivity contribution is 8.13. The van der Waals surface area contributed by atoms with Crippen LogP contribution in [0.4, 0.5) is 0 Å². The third-order valence-electron chi connectivity index (χ3n) is 2.94. The van der Waals surface area contributed by atoms with Crippen molar-refractivity contribution in [2.24, 2.45) is 0 Å². The molecule has 0 radical (unpaired) electrons. The van der Waals surface area contributed by atoms with Crippen LogP contribution < -0.4 is 0 Å². The third kappa shape index (κ3) is 4.06. The van der Waals surface area contributed by atoms with Crippen LogP contribution in [0.2, 0.25) is 0 Å². The maximum Gasteiger partial charge on any atom is 0.261 e. The molecule has 0 aliphatic heterocycles. The summed E-state index contributed by atoms with van der Waals surface area (Å²) in [6, 6.07) is 12.1. The van der Waals surface area contributed by atoms with E-state index in [2.05, 4.69) is 0 Å². The molecule has 0 aromatic heterocycles. The normalized spacial score (nSPS) is 12.3. The summed E-state index contributed by atoms with van der Waals surface area (Å²) in [4.78, 5) is 0.183. The highest BCUT2D eigenvalue weighted by Crippen LogP contribution is 2.20. The first-order valence-electron chi connectivity index (χ1n) is 6.01. The molecule has 2 aromatic rings. The van der Waals surface area contributed by atoms with E-state index in [1.807, 2.05) is 6.92 Å². The van der Waals surface area contributed by atoms with Crippen molar-refractivity contribution in [3.63, 3.8) is 0 Å². The maximum atomic E-state index is 12.3. The van der Waals surface area contributed by atoms with Crippen LogP contribution in [0.5, 0.6) is 0 Å². The molecule has 0 N–H and O–H groups in total. The maximum absolute atomic E-state index is 12.3. The molecule has 0 fully saturated rings. The van der Waals surface area contributed by atoms with E-state index in [4.69, 9.17) is 10.7 Å². The number of hydrogen-bond donors (Lipinski definition) is 0. The Hall–Kier alpha value is -1.37. The van der Waals surface area contributed by atoms with Crippen molar-refractivity contribution < 1.29 is 16.8 Å². The Balaban J connectivity index is 2.27. The minimum absolute atomic E-state index is 0.0550. The molecule has 2 aromatic carbocycles. The van der Waals surface area contributed by atoms with Gasteiger partial charge in [-0.3, -0.25) is 0 Å². The number of rotatable bonds is 4. The number of hydrogen-bond acceptors (Lipinski definition) is 4. The molecular formula is C14H13ClO4S2. The zero-order valence-corrected chi connectivity index (χ0v) is 13.5. The van der Waals surface area contributed by atoms with Gasteiger partial charge in [0.25, 0.3) is 9.05 Å². The monoisotopic (exact) mass is 344 g/mol. The van der Waals surface area contributed by atoms with Crippen molar-refractivity contribution in [3.05, 3.63) is 59.7 Å². The Morgan fingerprint density at radius 1 is 0.810 bits per heavy atom. The fourth-order valence-corrected chi connectivity index (χ4v) is 3.92. The summed E-state index contributed by atoms with van der Waals surface area (Å²) in [6.07, 6.45) is 0. The Labute approximate surface area is 128 Å². The van der Waals surface area contributed by atoms with Gasteiger partial charge >= 0.3 is 0 Å². The molecule has 2 rings (SSSR count). The second kappa shape index (κ2) is 5.79. The topological polar surface area (TPSA) is 68.3 Å². The molecule has 0 bridgehead atoms. The molecule has 0 unspecified atom stereocenters. The Morgan fingerprint density at radius 2 is 1.29 bits per heavy atom. The number of halogens is 1. The van der Waals surface area contributed by atoms with E-state index in [1.165, 1.54) is 24.3 Å². The van der Waals surface area contributed by atoms with Crippen LogP contribution in [0.15, 0.2) is 58.3 Å². The lowest BCUT2D eigenvalue weighted by molar-refractivity contribution is 0.595. The molecule has 0 aliphatic rings. The summed E-state index contributed by atoms with van der Waals surface area (Å²) < 4.78 is 46.8. The molecular weight excluding hydrogens is 332 g/mol. The first-order valence-corrected chi connectivity index (χ1v) is 9.98. The molecule has 0 saturated carbocycles. The van der Waals surface area contributed by atoms with Gasteiger partial charge in [0.05, 0.1) is 15.5 Å². The number of sulfone groups is 1. The predicted molar refractivity (Wildman–Crippen MR) is 81.5 cm³/mol. The molecule has 21 heavy (non-hydrogen) atoms. The molecule has 0 saturated heterocycles. The molecule has 4 nitrogen and oxygen atoms in total. The molecule has 7 heteroatoms. The first kappa shape index (κ1) is 16.0. The van der Waals surface area contributed by atoms with Gasteiger partial charge in [0.1, 0.15) is 0 Å². The van der Waals surface area contributed by atoms with E-state index in [1.54, 1.807) is 24.3 Å². The SMILES string of the molecule is Cc1ccc(S(=O)(=O)Cc2ccc(S(=O)(=O)Cl)cc2)cc1. The minimum atomic E-state index is -3.80. The highest BCUT2D eigenvalue weighted by atomic mass is 35.7. The van der Waals surface area contributed by atoms with E-state index in [0.717, 1.165) is 5.56 Å².